The van der Waals surface area contributed by atoms with Gasteiger partial charge in [0.2, 0.25) is 17.7 Å². The Morgan fingerprint density at radius 3 is 2.10 bits per heavy atom. The van der Waals surface area contributed by atoms with Crippen molar-refractivity contribution in [3.8, 4) is 0 Å². The molecule has 0 saturated heterocycles. The van der Waals surface area contributed by atoms with Crippen LogP contribution in [0.2, 0.25) is 0 Å². The molecular weight excluding hydrogens is 272 g/mol. The van der Waals surface area contributed by atoms with Crippen LogP contribution in [0.25, 0.3) is 0 Å². The number of aliphatic carboxylic acids is 1. The third-order valence-corrected chi connectivity index (χ3v) is 2.30. The van der Waals surface area contributed by atoms with E-state index >= 15 is 0 Å². The number of rotatable bonds is 8. The number of carboxylic acids is 1. The Morgan fingerprint density at radius 1 is 1.15 bits per heavy atom. The summed E-state index contributed by atoms with van der Waals surface area (Å²) in [5, 5.41) is 21.6. The van der Waals surface area contributed by atoms with E-state index in [2.05, 4.69) is 10.6 Å². The molecule has 3 amide bonds. The highest BCUT2D eigenvalue weighted by atomic mass is 16.4. The lowest BCUT2D eigenvalue weighted by Crippen LogP contribution is -2.55. The summed E-state index contributed by atoms with van der Waals surface area (Å²) in [7, 11) is 0. The minimum absolute atomic E-state index is 0.526. The van der Waals surface area contributed by atoms with Crippen LogP contribution in [0.5, 0.6) is 0 Å². The van der Waals surface area contributed by atoms with Crippen LogP contribution in [0.4, 0.5) is 0 Å². The number of carbonyl (C=O) groups is 4. The number of nitrogens with one attached hydrogen (secondary N) is 2. The SMILES string of the molecule is CC(NC(=O)C(CC(N)=O)NC(=O)C(N)CO)C(=O)O. The molecule has 0 bridgehead atoms. The maximum atomic E-state index is 11.7. The molecule has 0 saturated carbocycles. The Morgan fingerprint density at radius 2 is 1.70 bits per heavy atom. The molecule has 0 heterocycles. The maximum absolute atomic E-state index is 11.7. The predicted molar refractivity (Wildman–Crippen MR) is 66.0 cm³/mol. The van der Waals surface area contributed by atoms with Gasteiger partial charge in [-0.1, -0.05) is 0 Å². The molecule has 10 heteroatoms. The number of hydrogen-bond donors (Lipinski definition) is 6. The minimum Gasteiger partial charge on any atom is -0.480 e. The normalized spacial score (nSPS) is 14.8. The number of carboxylic acid groups (broad SMARTS) is 1. The highest BCUT2D eigenvalue weighted by Gasteiger charge is 2.27. The van der Waals surface area contributed by atoms with Gasteiger partial charge in [0, 0.05) is 0 Å². The second kappa shape index (κ2) is 8.07. The fraction of sp³-hybridized carbons (Fsp3) is 0.600. The molecule has 0 aromatic carbocycles. The molecule has 8 N–H and O–H groups in total. The molecule has 0 aliphatic heterocycles. The van der Waals surface area contributed by atoms with E-state index in [4.69, 9.17) is 21.7 Å². The van der Waals surface area contributed by atoms with Gasteiger partial charge in [-0.2, -0.15) is 0 Å². The summed E-state index contributed by atoms with van der Waals surface area (Å²) in [5.74, 6) is -3.91. The van der Waals surface area contributed by atoms with Gasteiger partial charge in [0.05, 0.1) is 13.0 Å². The summed E-state index contributed by atoms with van der Waals surface area (Å²) >= 11 is 0. The highest BCUT2D eigenvalue weighted by molar-refractivity contribution is 5.94. The Hall–Kier alpha value is -2.20. The van der Waals surface area contributed by atoms with E-state index in [9.17, 15) is 19.2 Å². The molecule has 20 heavy (non-hydrogen) atoms. The summed E-state index contributed by atoms with van der Waals surface area (Å²) < 4.78 is 0. The van der Waals surface area contributed by atoms with Crippen molar-refractivity contribution < 1.29 is 29.4 Å². The molecule has 0 aliphatic carbocycles. The molecule has 0 aromatic rings. The lowest BCUT2D eigenvalue weighted by atomic mass is 10.1. The summed E-state index contributed by atoms with van der Waals surface area (Å²) in [6.07, 6.45) is -0.526. The van der Waals surface area contributed by atoms with Crippen LogP contribution < -0.4 is 22.1 Å². The van der Waals surface area contributed by atoms with E-state index < -0.39 is 54.8 Å². The number of carbonyl (C=O) groups excluding carboxylic acids is 3. The molecule has 114 valence electrons. The van der Waals surface area contributed by atoms with Crippen LogP contribution in [-0.2, 0) is 19.2 Å². The van der Waals surface area contributed by atoms with Gasteiger partial charge in [0.1, 0.15) is 18.1 Å². The quantitative estimate of drug-likeness (QED) is 0.265. The number of amides is 3. The first-order valence-corrected chi connectivity index (χ1v) is 5.67. The average molecular weight is 290 g/mol. The van der Waals surface area contributed by atoms with Crippen LogP contribution in [0, 0.1) is 0 Å². The van der Waals surface area contributed by atoms with Crippen molar-refractivity contribution in [3.63, 3.8) is 0 Å². The number of aliphatic hydroxyl groups is 1. The summed E-state index contributed by atoms with van der Waals surface area (Å²) in [4.78, 5) is 44.6. The van der Waals surface area contributed by atoms with Crippen LogP contribution in [-0.4, -0.2) is 58.6 Å². The smallest absolute Gasteiger partial charge is 0.325 e. The second-order valence-electron chi connectivity index (χ2n) is 4.09. The molecule has 0 fully saturated rings. The van der Waals surface area contributed by atoms with Gasteiger partial charge >= 0.3 is 5.97 Å². The average Bonchev–Trinajstić information content (AvgIpc) is 2.35. The van der Waals surface area contributed by atoms with Gasteiger partial charge in [-0.05, 0) is 6.92 Å². The van der Waals surface area contributed by atoms with Crippen LogP contribution >= 0.6 is 0 Å². The number of primary amides is 1. The molecule has 10 nitrogen and oxygen atoms in total. The van der Waals surface area contributed by atoms with E-state index in [-0.39, 0.29) is 0 Å². The van der Waals surface area contributed by atoms with E-state index in [0.29, 0.717) is 0 Å². The van der Waals surface area contributed by atoms with Gasteiger partial charge in [0.25, 0.3) is 0 Å². The zero-order chi connectivity index (χ0) is 15.9. The number of hydrogen-bond acceptors (Lipinski definition) is 6. The minimum atomic E-state index is -1.36. The van der Waals surface area contributed by atoms with Crippen LogP contribution in [0.1, 0.15) is 13.3 Å². The Labute approximate surface area is 114 Å². The lowest BCUT2D eigenvalue weighted by molar-refractivity contribution is -0.141. The van der Waals surface area contributed by atoms with Crippen LogP contribution in [0.15, 0.2) is 0 Å². The molecule has 0 aromatic heterocycles. The summed E-state index contributed by atoms with van der Waals surface area (Å²) in [5.41, 5.74) is 10.2. The standard InChI is InChI=1S/C10H18N4O6/c1-4(10(19)20)13-9(18)6(2-7(12)16)14-8(17)5(11)3-15/h4-6,15H,2-3,11H2,1H3,(H2,12,16)(H,13,18)(H,14,17)(H,19,20). The lowest BCUT2D eigenvalue weighted by Gasteiger charge is -2.20. The monoisotopic (exact) mass is 290 g/mol. The Bertz CT molecular complexity index is 399. The van der Waals surface area contributed by atoms with Gasteiger partial charge < -0.3 is 32.3 Å². The first kappa shape index (κ1) is 17.8. The molecule has 3 unspecified atom stereocenters. The molecule has 0 rings (SSSR count). The van der Waals surface area contributed by atoms with E-state index in [1.165, 1.54) is 6.92 Å². The van der Waals surface area contributed by atoms with Crippen molar-refractivity contribution >= 4 is 23.7 Å². The van der Waals surface area contributed by atoms with Crippen molar-refractivity contribution in [3.05, 3.63) is 0 Å². The third kappa shape index (κ3) is 6.11. The van der Waals surface area contributed by atoms with E-state index in [1.54, 1.807) is 0 Å². The molecule has 3 atom stereocenters. The Balaban J connectivity index is 4.79. The molecular formula is C10H18N4O6. The topological polar surface area (TPSA) is 185 Å². The van der Waals surface area contributed by atoms with E-state index in [0.717, 1.165) is 0 Å². The maximum Gasteiger partial charge on any atom is 0.325 e. The highest BCUT2D eigenvalue weighted by Crippen LogP contribution is 1.95. The second-order valence-corrected chi connectivity index (χ2v) is 4.09. The number of aliphatic hydroxyl groups excluding tert-OH is 1. The van der Waals surface area contributed by atoms with Gasteiger partial charge in [0.15, 0.2) is 0 Å². The molecule has 0 radical (unpaired) electrons. The fourth-order valence-electron chi connectivity index (χ4n) is 1.15. The molecule has 0 spiro atoms. The number of nitrogens with two attached hydrogens (primary N) is 2. The van der Waals surface area contributed by atoms with Gasteiger partial charge in [-0.25, -0.2) is 0 Å². The first-order valence-electron chi connectivity index (χ1n) is 5.67. The fourth-order valence-corrected chi connectivity index (χ4v) is 1.15. The zero-order valence-corrected chi connectivity index (χ0v) is 10.8. The van der Waals surface area contributed by atoms with Crippen molar-refractivity contribution in [2.24, 2.45) is 11.5 Å². The first-order chi connectivity index (χ1) is 9.18. The summed E-state index contributed by atoms with van der Waals surface area (Å²) in [6, 6.07) is -3.84. The van der Waals surface area contributed by atoms with E-state index in [1.807, 2.05) is 0 Å². The van der Waals surface area contributed by atoms with Crippen molar-refractivity contribution in [2.45, 2.75) is 31.5 Å². The summed E-state index contributed by atoms with van der Waals surface area (Å²) in [6.45, 7) is 0.561. The third-order valence-electron chi connectivity index (χ3n) is 2.30. The van der Waals surface area contributed by atoms with Crippen molar-refractivity contribution in [1.82, 2.24) is 10.6 Å². The van der Waals surface area contributed by atoms with Crippen LogP contribution in [0.3, 0.4) is 0 Å². The predicted octanol–water partition coefficient (Wildman–Crippen LogP) is -3.74. The van der Waals surface area contributed by atoms with Gasteiger partial charge in [-0.3, -0.25) is 19.2 Å². The zero-order valence-electron chi connectivity index (χ0n) is 10.8. The van der Waals surface area contributed by atoms with Gasteiger partial charge in [-0.15, -0.1) is 0 Å². The molecule has 0 aliphatic rings. The Kier molecular flexibility index (Phi) is 7.18. The van der Waals surface area contributed by atoms with Crippen molar-refractivity contribution in [1.29, 1.82) is 0 Å². The largest absolute Gasteiger partial charge is 0.480 e. The van der Waals surface area contributed by atoms with Crippen molar-refractivity contribution in [2.75, 3.05) is 6.61 Å².